The predicted octanol–water partition coefficient (Wildman–Crippen LogP) is 4.35. The fraction of sp³-hybridized carbons (Fsp3) is 0.150. The third-order valence-corrected chi connectivity index (χ3v) is 4.04. The highest BCUT2D eigenvalue weighted by Gasteiger charge is 2.15. The summed E-state index contributed by atoms with van der Waals surface area (Å²) in [6, 6.07) is 15.6. The number of fused-ring (bicyclic) bond motifs is 1. The van der Waals surface area contributed by atoms with Crippen molar-refractivity contribution in [2.75, 3.05) is 5.32 Å². The van der Waals surface area contributed by atoms with Crippen molar-refractivity contribution in [2.45, 2.75) is 13.8 Å². The van der Waals surface area contributed by atoms with Crippen LogP contribution in [0.1, 0.15) is 24.2 Å². The molecule has 3 aromatic rings. The fourth-order valence-corrected chi connectivity index (χ4v) is 2.43. The normalized spacial score (nSPS) is 11.6. The summed E-state index contributed by atoms with van der Waals surface area (Å²) in [6.07, 6.45) is 0. The van der Waals surface area contributed by atoms with Gasteiger partial charge in [-0.1, -0.05) is 55.8 Å². The highest BCUT2D eigenvalue weighted by atomic mass is 35.5. The molecule has 2 aromatic carbocycles. The summed E-state index contributed by atoms with van der Waals surface area (Å²) in [4.78, 5) is 29.4. The first-order valence-electron chi connectivity index (χ1n) is 8.29. The molecule has 0 aliphatic carbocycles. The lowest BCUT2D eigenvalue weighted by molar-refractivity contribution is -0.148. The third kappa shape index (κ3) is 4.35. The van der Waals surface area contributed by atoms with E-state index < -0.39 is 11.9 Å². The molecule has 138 valence electrons. The molecule has 6 nitrogen and oxygen atoms in total. The number of carbonyl (C=O) groups excluding carboxylic acids is 2. The van der Waals surface area contributed by atoms with Crippen LogP contribution < -0.4 is 10.9 Å². The molecule has 0 saturated carbocycles. The monoisotopic (exact) mass is 384 g/mol. The summed E-state index contributed by atoms with van der Waals surface area (Å²) in [5.74, 6) is -1.39. The summed E-state index contributed by atoms with van der Waals surface area (Å²) in [5.41, 5.74) is 0.964. The Morgan fingerprint density at radius 3 is 2.56 bits per heavy atom. The predicted molar refractivity (Wildman–Crippen MR) is 102 cm³/mol. The van der Waals surface area contributed by atoms with E-state index in [1.807, 2.05) is 6.07 Å². The van der Waals surface area contributed by atoms with E-state index in [4.69, 9.17) is 20.9 Å². The van der Waals surface area contributed by atoms with Crippen molar-refractivity contribution in [1.29, 1.82) is 0 Å². The molecule has 0 bridgehead atoms. The second-order valence-electron chi connectivity index (χ2n) is 6.09. The number of nitrogens with zero attached hydrogens (tertiary/aromatic N) is 1. The van der Waals surface area contributed by atoms with E-state index in [2.05, 4.69) is 10.5 Å². The first-order valence-corrected chi connectivity index (χ1v) is 8.67. The van der Waals surface area contributed by atoms with Crippen LogP contribution in [-0.2, 0) is 9.63 Å². The second kappa shape index (κ2) is 8.05. The Labute approximate surface area is 160 Å². The van der Waals surface area contributed by atoms with E-state index in [1.54, 1.807) is 62.4 Å². The van der Waals surface area contributed by atoms with E-state index in [1.165, 1.54) is 0 Å². The lowest BCUT2D eigenvalue weighted by Gasteiger charge is -2.08. The number of nitrogens with one attached hydrogen (secondary N) is 1. The van der Waals surface area contributed by atoms with Crippen LogP contribution in [-0.4, -0.2) is 11.9 Å². The Morgan fingerprint density at radius 2 is 1.81 bits per heavy atom. The van der Waals surface area contributed by atoms with Gasteiger partial charge >= 0.3 is 5.97 Å². The van der Waals surface area contributed by atoms with Gasteiger partial charge in [0.2, 0.25) is 0 Å². The minimum Gasteiger partial charge on any atom is -0.435 e. The molecule has 1 N–H and O–H groups in total. The summed E-state index contributed by atoms with van der Waals surface area (Å²) in [7, 11) is 0. The minimum atomic E-state index is -0.532. The van der Waals surface area contributed by atoms with Gasteiger partial charge in [0.15, 0.2) is 0 Å². The topological polar surface area (TPSA) is 80.9 Å². The van der Waals surface area contributed by atoms with Crippen LogP contribution in [0.15, 0.2) is 64.2 Å². The maximum absolute atomic E-state index is 12.8. The van der Waals surface area contributed by atoms with Crippen LogP contribution in [0, 0.1) is 5.92 Å². The number of anilines is 1. The highest BCUT2D eigenvalue weighted by molar-refractivity contribution is 6.33. The van der Waals surface area contributed by atoms with Gasteiger partial charge in [-0.3, -0.25) is 4.79 Å². The molecular formula is C20H17ClN2O4. The molecule has 27 heavy (non-hydrogen) atoms. The summed E-state index contributed by atoms with van der Waals surface area (Å²) in [5, 5.41) is 7.56. The SMILES string of the molecule is CC(C)C(=O)O/N=c1\oc2ccccc2cc1C(=O)Nc1ccccc1Cl. The molecule has 0 aliphatic heterocycles. The number of benzene rings is 2. The Balaban J connectivity index is 2.05. The van der Waals surface area contributed by atoms with Crippen molar-refractivity contribution in [1.82, 2.24) is 0 Å². The molecule has 1 amide bonds. The Hall–Kier alpha value is -3.12. The van der Waals surface area contributed by atoms with Gasteiger partial charge in [-0.15, -0.1) is 0 Å². The van der Waals surface area contributed by atoms with Crippen LogP contribution in [0.5, 0.6) is 0 Å². The number of hydrogen-bond acceptors (Lipinski definition) is 5. The van der Waals surface area contributed by atoms with Crippen LogP contribution in [0.3, 0.4) is 0 Å². The maximum atomic E-state index is 12.8. The van der Waals surface area contributed by atoms with Gasteiger partial charge in [0, 0.05) is 5.39 Å². The van der Waals surface area contributed by atoms with E-state index in [0.29, 0.717) is 21.7 Å². The van der Waals surface area contributed by atoms with E-state index in [0.717, 1.165) is 0 Å². The number of hydrogen-bond donors (Lipinski definition) is 1. The Bertz CT molecular complexity index is 1070. The van der Waals surface area contributed by atoms with Crippen LogP contribution in [0.2, 0.25) is 5.02 Å². The molecule has 0 spiro atoms. The number of rotatable bonds is 4. The first kappa shape index (κ1) is 18.7. The summed E-state index contributed by atoms with van der Waals surface area (Å²) < 4.78 is 5.67. The van der Waals surface area contributed by atoms with Crippen molar-refractivity contribution >= 4 is 40.1 Å². The molecule has 0 fully saturated rings. The lowest BCUT2D eigenvalue weighted by Crippen LogP contribution is -2.23. The highest BCUT2D eigenvalue weighted by Crippen LogP contribution is 2.21. The first-order chi connectivity index (χ1) is 13.0. The van der Waals surface area contributed by atoms with Crippen molar-refractivity contribution in [3.63, 3.8) is 0 Å². The molecule has 0 saturated heterocycles. The third-order valence-electron chi connectivity index (χ3n) is 3.71. The molecule has 1 aromatic heterocycles. The second-order valence-corrected chi connectivity index (χ2v) is 6.50. The fourth-order valence-electron chi connectivity index (χ4n) is 2.24. The number of amides is 1. The van der Waals surface area contributed by atoms with E-state index >= 15 is 0 Å². The average Bonchev–Trinajstić information content (AvgIpc) is 2.66. The standard InChI is InChI=1S/C20H17ClN2O4/c1-12(2)20(25)27-23-19-14(11-13-7-3-6-10-17(13)26-19)18(24)22-16-9-5-4-8-15(16)21/h3-12H,1-2H3,(H,22,24)/b23-19-. The molecule has 0 aliphatic rings. The maximum Gasteiger partial charge on any atom is 0.337 e. The molecule has 7 heteroatoms. The van der Waals surface area contributed by atoms with Crippen LogP contribution >= 0.6 is 11.6 Å². The van der Waals surface area contributed by atoms with Gasteiger partial charge in [-0.25, -0.2) is 4.79 Å². The Kier molecular flexibility index (Phi) is 5.57. The quantitative estimate of drug-likeness (QED) is 0.535. The average molecular weight is 385 g/mol. The van der Waals surface area contributed by atoms with Gasteiger partial charge in [0.05, 0.1) is 16.6 Å². The van der Waals surface area contributed by atoms with Crippen molar-refractivity contribution in [3.8, 4) is 0 Å². The molecule has 0 unspecified atom stereocenters. The van der Waals surface area contributed by atoms with Crippen molar-refractivity contribution < 1.29 is 18.8 Å². The largest absolute Gasteiger partial charge is 0.435 e. The number of para-hydroxylation sites is 2. The Morgan fingerprint density at radius 1 is 1.11 bits per heavy atom. The lowest BCUT2D eigenvalue weighted by atomic mass is 10.1. The van der Waals surface area contributed by atoms with Gasteiger partial charge < -0.3 is 14.6 Å². The number of carbonyl (C=O) groups is 2. The van der Waals surface area contributed by atoms with Crippen LogP contribution in [0.25, 0.3) is 11.0 Å². The van der Waals surface area contributed by atoms with Gasteiger partial charge in [-0.2, -0.15) is 0 Å². The molecule has 0 atom stereocenters. The molecule has 1 heterocycles. The smallest absolute Gasteiger partial charge is 0.337 e. The van der Waals surface area contributed by atoms with E-state index in [-0.39, 0.29) is 17.0 Å². The van der Waals surface area contributed by atoms with E-state index in [9.17, 15) is 9.59 Å². The molecule has 0 radical (unpaired) electrons. The van der Waals surface area contributed by atoms with Gasteiger partial charge in [0.1, 0.15) is 11.1 Å². The zero-order chi connectivity index (χ0) is 19.4. The molecular weight excluding hydrogens is 368 g/mol. The molecule has 3 rings (SSSR count). The number of halogens is 1. The van der Waals surface area contributed by atoms with Crippen LogP contribution in [0.4, 0.5) is 5.69 Å². The zero-order valence-corrected chi connectivity index (χ0v) is 15.5. The van der Waals surface area contributed by atoms with Crippen molar-refractivity contribution in [3.05, 3.63) is 70.7 Å². The van der Waals surface area contributed by atoms with Gasteiger partial charge in [0.25, 0.3) is 11.5 Å². The summed E-state index contributed by atoms with van der Waals surface area (Å²) in [6.45, 7) is 3.36. The van der Waals surface area contributed by atoms with Gasteiger partial charge in [-0.05, 0) is 29.4 Å². The van der Waals surface area contributed by atoms with Crippen molar-refractivity contribution in [2.24, 2.45) is 11.1 Å². The summed E-state index contributed by atoms with van der Waals surface area (Å²) >= 11 is 6.10. The zero-order valence-electron chi connectivity index (χ0n) is 14.7. The minimum absolute atomic E-state index is 0.104.